The second-order valence-electron chi connectivity index (χ2n) is 7.29. The number of benzene rings is 3. The van der Waals surface area contributed by atoms with Crippen LogP contribution >= 0.6 is 43.6 Å². The van der Waals surface area contributed by atoms with Gasteiger partial charge in [-0.05, 0) is 84.6 Å². The average Bonchev–Trinajstić information content (AvgIpc) is 3.10. The van der Waals surface area contributed by atoms with Gasteiger partial charge in [-0.25, -0.2) is 4.39 Å². The smallest absolute Gasteiger partial charge is 0.293 e. The van der Waals surface area contributed by atoms with E-state index >= 15 is 0 Å². The Morgan fingerprint density at radius 1 is 1.00 bits per heavy atom. The quantitative estimate of drug-likeness (QED) is 0.267. The number of carbonyl (C=O) groups is 2. The van der Waals surface area contributed by atoms with E-state index in [0.29, 0.717) is 38.2 Å². The van der Waals surface area contributed by atoms with Crippen molar-refractivity contribution in [2.45, 2.75) is 13.2 Å². The van der Waals surface area contributed by atoms with Gasteiger partial charge in [-0.1, -0.05) is 42.5 Å². The Bertz CT molecular complexity index is 1270. The van der Waals surface area contributed by atoms with Crippen molar-refractivity contribution in [3.05, 3.63) is 97.0 Å². The van der Waals surface area contributed by atoms with Crippen LogP contribution in [-0.2, 0) is 17.9 Å². The fraction of sp³-hybridized carbons (Fsp3) is 0.120. The molecule has 0 bridgehead atoms. The lowest BCUT2D eigenvalue weighted by atomic mass is 10.1. The summed E-state index contributed by atoms with van der Waals surface area (Å²) in [6.07, 6.45) is 1.63. The molecule has 5 nitrogen and oxygen atoms in total. The van der Waals surface area contributed by atoms with Crippen molar-refractivity contribution in [1.29, 1.82) is 0 Å². The first-order chi connectivity index (χ1) is 16.4. The first-order valence-electron chi connectivity index (χ1n) is 10.1. The number of methoxy groups -OCH3 is 1. The summed E-state index contributed by atoms with van der Waals surface area (Å²) in [5.74, 6) is 0.201. The zero-order valence-electron chi connectivity index (χ0n) is 17.9. The van der Waals surface area contributed by atoms with Crippen LogP contribution in [0.25, 0.3) is 6.08 Å². The van der Waals surface area contributed by atoms with E-state index in [0.717, 1.165) is 22.2 Å². The van der Waals surface area contributed by atoms with E-state index in [-0.39, 0.29) is 22.5 Å². The SMILES string of the molecule is COc1cc(/C=C2\SC(=O)N(Cc3ccc(F)cc3)C2=O)c(Br)c(Br)c1OCc1ccccc1. The Morgan fingerprint density at radius 3 is 2.38 bits per heavy atom. The van der Waals surface area contributed by atoms with Gasteiger partial charge >= 0.3 is 0 Å². The topological polar surface area (TPSA) is 55.8 Å². The Morgan fingerprint density at radius 2 is 1.71 bits per heavy atom. The predicted octanol–water partition coefficient (Wildman–Crippen LogP) is 7.17. The van der Waals surface area contributed by atoms with Gasteiger partial charge in [0.25, 0.3) is 11.1 Å². The van der Waals surface area contributed by atoms with E-state index in [1.165, 1.54) is 19.2 Å². The van der Waals surface area contributed by atoms with Gasteiger partial charge in [-0.15, -0.1) is 0 Å². The number of halogens is 3. The summed E-state index contributed by atoms with van der Waals surface area (Å²) < 4.78 is 26.0. The highest BCUT2D eigenvalue weighted by molar-refractivity contribution is 9.13. The number of hydrogen-bond donors (Lipinski definition) is 0. The second-order valence-corrected chi connectivity index (χ2v) is 9.87. The third-order valence-corrected chi connectivity index (χ3v) is 8.07. The molecule has 1 saturated heterocycles. The predicted molar refractivity (Wildman–Crippen MR) is 137 cm³/mol. The van der Waals surface area contributed by atoms with Crippen LogP contribution in [0.5, 0.6) is 11.5 Å². The van der Waals surface area contributed by atoms with Gasteiger partial charge in [0.05, 0.1) is 23.0 Å². The molecule has 0 N–H and O–H groups in total. The van der Waals surface area contributed by atoms with E-state index in [2.05, 4.69) is 31.9 Å². The number of thioether (sulfide) groups is 1. The van der Waals surface area contributed by atoms with Gasteiger partial charge in [-0.2, -0.15) is 0 Å². The molecule has 174 valence electrons. The largest absolute Gasteiger partial charge is 0.493 e. The summed E-state index contributed by atoms with van der Waals surface area (Å²) in [5.41, 5.74) is 2.31. The Kier molecular flexibility index (Phi) is 7.75. The first kappa shape index (κ1) is 24.5. The normalized spacial score (nSPS) is 14.7. The summed E-state index contributed by atoms with van der Waals surface area (Å²) in [7, 11) is 1.53. The van der Waals surface area contributed by atoms with Crippen molar-refractivity contribution in [1.82, 2.24) is 4.90 Å². The maximum atomic E-state index is 13.2. The minimum Gasteiger partial charge on any atom is -0.493 e. The van der Waals surface area contributed by atoms with E-state index in [4.69, 9.17) is 9.47 Å². The fourth-order valence-electron chi connectivity index (χ4n) is 3.28. The lowest BCUT2D eigenvalue weighted by molar-refractivity contribution is -0.123. The molecule has 3 aromatic carbocycles. The molecule has 0 radical (unpaired) electrons. The molecule has 3 aromatic rings. The monoisotopic (exact) mass is 605 g/mol. The minimum atomic E-state index is -0.411. The molecule has 0 atom stereocenters. The van der Waals surface area contributed by atoms with Gasteiger partial charge in [0.2, 0.25) is 0 Å². The molecule has 0 saturated carbocycles. The number of nitrogens with zero attached hydrogens (tertiary/aromatic N) is 1. The zero-order chi connectivity index (χ0) is 24.2. The van der Waals surface area contributed by atoms with Crippen LogP contribution in [0.4, 0.5) is 9.18 Å². The highest BCUT2D eigenvalue weighted by Crippen LogP contribution is 2.45. The van der Waals surface area contributed by atoms with Gasteiger partial charge in [-0.3, -0.25) is 14.5 Å². The molecule has 1 heterocycles. The molecule has 9 heteroatoms. The molecule has 4 rings (SSSR count). The lowest BCUT2D eigenvalue weighted by Crippen LogP contribution is -2.27. The van der Waals surface area contributed by atoms with Crippen molar-refractivity contribution in [3.8, 4) is 11.5 Å². The first-order valence-corrected chi connectivity index (χ1v) is 12.5. The molecule has 0 spiro atoms. The molecular weight excluding hydrogens is 589 g/mol. The minimum absolute atomic E-state index is 0.0722. The van der Waals surface area contributed by atoms with Crippen molar-refractivity contribution < 1.29 is 23.5 Å². The Hall–Kier alpha value is -2.62. The Balaban J connectivity index is 1.58. The number of imide groups is 1. The second kappa shape index (κ2) is 10.8. The summed E-state index contributed by atoms with van der Waals surface area (Å²) in [6.45, 7) is 0.423. The van der Waals surface area contributed by atoms with Gasteiger partial charge in [0.1, 0.15) is 12.4 Å². The van der Waals surface area contributed by atoms with Crippen LogP contribution < -0.4 is 9.47 Å². The third kappa shape index (κ3) is 5.37. The number of rotatable bonds is 7. The van der Waals surface area contributed by atoms with Crippen LogP contribution in [0.2, 0.25) is 0 Å². The summed E-state index contributed by atoms with van der Waals surface area (Å²) in [6, 6.07) is 17.2. The highest BCUT2D eigenvalue weighted by Gasteiger charge is 2.35. The molecular formula is C25H18Br2FNO4S. The number of amides is 2. The maximum Gasteiger partial charge on any atom is 0.293 e. The van der Waals surface area contributed by atoms with Gasteiger partial charge < -0.3 is 9.47 Å². The maximum absolute atomic E-state index is 13.2. The number of hydrogen-bond acceptors (Lipinski definition) is 5. The van der Waals surface area contributed by atoms with Crippen molar-refractivity contribution >= 4 is 60.8 Å². The highest BCUT2D eigenvalue weighted by atomic mass is 79.9. The van der Waals surface area contributed by atoms with Crippen LogP contribution in [0.15, 0.2) is 74.5 Å². The molecule has 0 unspecified atom stereocenters. The molecule has 1 aliphatic rings. The van der Waals surface area contributed by atoms with Gasteiger partial charge in [0, 0.05) is 4.47 Å². The molecule has 2 amide bonds. The molecule has 1 aliphatic heterocycles. The summed E-state index contributed by atoms with van der Waals surface area (Å²) in [4.78, 5) is 26.8. The standard InChI is InChI=1S/C25H18Br2FNO4S/c1-32-19-11-17(21(26)22(27)23(19)33-14-16-5-3-2-4-6-16)12-20-24(30)29(25(31)34-20)13-15-7-9-18(28)10-8-15/h2-12H,13-14H2,1H3/b20-12-. The molecule has 34 heavy (non-hydrogen) atoms. The summed E-state index contributed by atoms with van der Waals surface area (Å²) in [5, 5.41) is -0.384. The van der Waals surface area contributed by atoms with Crippen molar-refractivity contribution in [3.63, 3.8) is 0 Å². The fourth-order valence-corrected chi connectivity index (χ4v) is 5.05. The van der Waals surface area contributed by atoms with E-state index in [9.17, 15) is 14.0 Å². The summed E-state index contributed by atoms with van der Waals surface area (Å²) >= 11 is 7.97. The van der Waals surface area contributed by atoms with Crippen LogP contribution in [-0.4, -0.2) is 23.2 Å². The number of carbonyl (C=O) groups excluding carboxylic acids is 2. The lowest BCUT2D eigenvalue weighted by Gasteiger charge is -2.16. The van der Waals surface area contributed by atoms with Gasteiger partial charge in [0.15, 0.2) is 11.5 Å². The van der Waals surface area contributed by atoms with Crippen LogP contribution in [0, 0.1) is 5.82 Å². The molecule has 0 aromatic heterocycles. The van der Waals surface area contributed by atoms with Crippen LogP contribution in [0.3, 0.4) is 0 Å². The van der Waals surface area contributed by atoms with E-state index in [1.54, 1.807) is 24.3 Å². The zero-order valence-corrected chi connectivity index (χ0v) is 21.9. The average molecular weight is 607 g/mol. The molecule has 0 aliphatic carbocycles. The van der Waals surface area contributed by atoms with Crippen molar-refractivity contribution in [2.75, 3.05) is 7.11 Å². The van der Waals surface area contributed by atoms with E-state index in [1.807, 2.05) is 30.3 Å². The number of ether oxygens (including phenoxy) is 2. The third-order valence-electron chi connectivity index (χ3n) is 5.02. The molecule has 1 fully saturated rings. The van der Waals surface area contributed by atoms with Crippen molar-refractivity contribution in [2.24, 2.45) is 0 Å². The van der Waals surface area contributed by atoms with Crippen LogP contribution in [0.1, 0.15) is 16.7 Å². The van der Waals surface area contributed by atoms with E-state index < -0.39 is 5.91 Å². The Labute approximate surface area is 217 Å².